The van der Waals surface area contributed by atoms with E-state index in [-0.39, 0.29) is 0 Å². The van der Waals surface area contributed by atoms with E-state index in [9.17, 15) is 0 Å². The molecule has 8 heterocycles. The molecular weight excluding hydrogens is 1590 g/mol. The first kappa shape index (κ1) is 75.4. The standard InChI is InChI=1S/2C40H29N3O.C40H26N2/c1-26-15-18-36-38(23-26)44-39-24-27(2)16-19-37(39)42(36)29-11-8-12-30(25-29)43-35-14-7-6-13-31(35)32-17-20-34-33(40(32)43)21-22-41(34)28-9-4-3-5-10-28;1-26-12-19-36-38(24-26)44-39-25-27(2)13-20-37(39)42(36)29-14-16-30(17-15-29)43-35-11-7-6-10-31(35)32-18-21-34-33(40(32)43)22-23-41(34)28-8-4-3-5-9-28;1-2-14-30(15-3-1)41-24-23-36-37(41)22-21-35-34-19-8-9-20-38(34)42(40(35)36)31-16-10-13-29(26-31)39-32-17-6-4-11-27(32)25-28-12-5-7-18-33(28)39/h2*3-25H,1-2H3;1-26H. The Morgan fingerprint density at radius 1 is 0.185 bits per heavy atom. The Morgan fingerprint density at radius 2 is 0.500 bits per heavy atom. The Balaban J connectivity index is 0.000000105. The summed E-state index contributed by atoms with van der Waals surface area (Å²) in [6.45, 7) is 8.42. The molecule has 0 N–H and O–H groups in total. The lowest BCUT2D eigenvalue weighted by atomic mass is 9.92. The van der Waals surface area contributed by atoms with Gasteiger partial charge in [0.15, 0.2) is 23.0 Å². The van der Waals surface area contributed by atoms with Crippen LogP contribution in [0, 0.1) is 27.7 Å². The predicted octanol–water partition coefficient (Wildman–Crippen LogP) is 32.5. The van der Waals surface area contributed by atoms with Crippen molar-refractivity contribution in [3.63, 3.8) is 0 Å². The molecule has 130 heavy (non-hydrogen) atoms. The number of rotatable bonds is 9. The van der Waals surface area contributed by atoms with Crippen LogP contribution in [0.3, 0.4) is 0 Å². The minimum absolute atomic E-state index is 0.870. The van der Waals surface area contributed by atoms with Crippen LogP contribution in [0.2, 0.25) is 0 Å². The van der Waals surface area contributed by atoms with Gasteiger partial charge in [-0.15, -0.1) is 0 Å². The highest BCUT2D eigenvalue weighted by Gasteiger charge is 2.31. The van der Waals surface area contributed by atoms with Gasteiger partial charge < -0.3 is 46.7 Å². The van der Waals surface area contributed by atoms with Crippen molar-refractivity contribution in [2.75, 3.05) is 9.80 Å². The van der Waals surface area contributed by atoms with Crippen LogP contribution >= 0.6 is 0 Å². The molecule has 0 atom stereocenters. The molecule has 0 fully saturated rings. The first-order chi connectivity index (χ1) is 64.1. The van der Waals surface area contributed by atoms with Crippen molar-refractivity contribution >= 4 is 154 Å². The SMILES string of the molecule is Cc1ccc2c(c1)Oc1cc(C)ccc1N2c1ccc(-n2c3ccccc3c3ccc4c(ccn4-c4ccccc4)c32)cc1.Cc1ccc2c(c1)Oc1cc(C)ccc1N2c1cccc(-n2c3ccccc3c3ccc4c(ccn4-c4ccccc4)c32)c1.c1ccc(-n2ccc3c2ccc2c4ccccc4n(-c4cccc(-c5c6ccccc6cc6ccccc56)c4)c23)cc1. The maximum Gasteiger partial charge on any atom is 0.151 e. The normalized spacial score (nSPS) is 12.2. The molecule has 6 aromatic heterocycles. The van der Waals surface area contributed by atoms with Gasteiger partial charge in [-0.3, -0.25) is 0 Å². The van der Waals surface area contributed by atoms with Gasteiger partial charge in [0.05, 0.1) is 72.4 Å². The van der Waals surface area contributed by atoms with Gasteiger partial charge in [0.1, 0.15) is 0 Å². The summed E-state index contributed by atoms with van der Waals surface area (Å²) in [5.41, 5.74) is 31.3. The van der Waals surface area contributed by atoms with Gasteiger partial charge in [-0.1, -0.05) is 218 Å². The number of nitrogens with zero attached hydrogens (tertiary/aromatic N) is 8. The Kier molecular flexibility index (Phi) is 17.6. The van der Waals surface area contributed by atoms with E-state index in [2.05, 4.69) is 502 Å². The molecule has 0 spiro atoms. The Labute approximate surface area is 750 Å². The number of ether oxygens (including phenoxy) is 2. The van der Waals surface area contributed by atoms with E-state index in [0.717, 1.165) is 85.6 Å². The zero-order chi connectivity index (χ0) is 86.3. The molecule has 2 aliphatic heterocycles. The third kappa shape index (κ3) is 12.3. The van der Waals surface area contributed by atoms with Crippen molar-refractivity contribution in [3.8, 4) is 68.2 Å². The average molecular weight is 1670 g/mol. The summed E-state index contributed by atoms with van der Waals surface area (Å²) in [7, 11) is 0. The zero-order valence-corrected chi connectivity index (χ0v) is 72.0. The molecule has 0 unspecified atom stereocenters. The van der Waals surface area contributed by atoms with Crippen LogP contribution in [0.1, 0.15) is 22.3 Å². The fourth-order valence-electron chi connectivity index (χ4n) is 20.5. The highest BCUT2D eigenvalue weighted by atomic mass is 16.5. The molecule has 0 bridgehead atoms. The van der Waals surface area contributed by atoms with Crippen LogP contribution in [0.15, 0.2) is 437 Å². The van der Waals surface area contributed by atoms with Crippen LogP contribution in [0.5, 0.6) is 23.0 Å². The largest absolute Gasteiger partial charge is 0.453 e. The second-order valence-electron chi connectivity index (χ2n) is 34.3. The van der Waals surface area contributed by atoms with Crippen LogP contribution in [-0.2, 0) is 0 Å². The van der Waals surface area contributed by atoms with Crippen molar-refractivity contribution in [3.05, 3.63) is 459 Å². The maximum atomic E-state index is 6.45. The van der Waals surface area contributed by atoms with E-state index in [0.29, 0.717) is 0 Å². The second kappa shape index (κ2) is 30.4. The Bertz CT molecular complexity index is 8710. The van der Waals surface area contributed by atoms with Crippen molar-refractivity contribution in [1.82, 2.24) is 27.4 Å². The predicted molar refractivity (Wildman–Crippen MR) is 542 cm³/mol. The summed E-state index contributed by atoms with van der Waals surface area (Å²) >= 11 is 0. The van der Waals surface area contributed by atoms with Gasteiger partial charge in [0.2, 0.25) is 0 Å². The molecule has 0 amide bonds. The van der Waals surface area contributed by atoms with Crippen molar-refractivity contribution in [2.24, 2.45) is 0 Å². The quantitative estimate of drug-likeness (QED) is 0.135. The first-order valence-corrected chi connectivity index (χ1v) is 44.5. The number of aryl methyl sites for hydroxylation is 4. The number of benzene rings is 19. The van der Waals surface area contributed by atoms with E-state index in [1.54, 1.807) is 0 Å². The van der Waals surface area contributed by atoms with E-state index in [1.807, 2.05) is 0 Å². The molecule has 19 aromatic carbocycles. The lowest BCUT2D eigenvalue weighted by Gasteiger charge is -2.33. The number of para-hydroxylation sites is 6. The van der Waals surface area contributed by atoms with Crippen molar-refractivity contribution in [2.45, 2.75) is 27.7 Å². The van der Waals surface area contributed by atoms with Crippen LogP contribution in [-0.4, -0.2) is 27.4 Å². The third-order valence-electron chi connectivity index (χ3n) is 26.4. The van der Waals surface area contributed by atoms with Gasteiger partial charge in [-0.2, -0.15) is 0 Å². The molecule has 0 saturated carbocycles. The monoisotopic (exact) mass is 1670 g/mol. The fraction of sp³-hybridized carbons (Fsp3) is 0.0333. The molecule has 616 valence electrons. The Morgan fingerprint density at radius 3 is 0.900 bits per heavy atom. The maximum absolute atomic E-state index is 6.45. The topological polar surface area (TPSA) is 54.5 Å². The minimum Gasteiger partial charge on any atom is -0.453 e. The van der Waals surface area contributed by atoms with Crippen LogP contribution < -0.4 is 19.3 Å². The van der Waals surface area contributed by atoms with Crippen LogP contribution in [0.25, 0.3) is 165 Å². The third-order valence-corrected chi connectivity index (χ3v) is 26.4. The molecule has 25 aromatic rings. The lowest BCUT2D eigenvalue weighted by Crippen LogP contribution is -2.16. The molecule has 27 rings (SSSR count). The number of aromatic nitrogens is 6. The highest BCUT2D eigenvalue weighted by molar-refractivity contribution is 6.22. The highest BCUT2D eigenvalue weighted by Crippen LogP contribution is 2.54. The van der Waals surface area contributed by atoms with Gasteiger partial charge in [0, 0.05) is 113 Å². The van der Waals surface area contributed by atoms with E-state index in [1.165, 1.54) is 159 Å². The average Bonchev–Trinajstić information content (AvgIpc) is 1.56. The number of fused-ring (bicyclic) bond motifs is 21. The molecule has 0 aliphatic carbocycles. The van der Waals surface area contributed by atoms with E-state index >= 15 is 0 Å². The zero-order valence-electron chi connectivity index (χ0n) is 72.0. The molecule has 10 nitrogen and oxygen atoms in total. The Hall–Kier alpha value is -17.1. The van der Waals surface area contributed by atoms with Crippen molar-refractivity contribution < 1.29 is 9.47 Å². The van der Waals surface area contributed by atoms with E-state index < -0.39 is 0 Å². The molecule has 0 saturated heterocycles. The molecule has 2 aliphatic rings. The summed E-state index contributed by atoms with van der Waals surface area (Å²) < 4.78 is 27.0. The summed E-state index contributed by atoms with van der Waals surface area (Å²) in [5.74, 6) is 3.49. The first-order valence-electron chi connectivity index (χ1n) is 44.5. The number of anilines is 6. The van der Waals surface area contributed by atoms with E-state index in [4.69, 9.17) is 9.47 Å². The summed E-state index contributed by atoms with van der Waals surface area (Å²) in [5, 5.41) is 16.3. The van der Waals surface area contributed by atoms with Crippen LogP contribution in [0.4, 0.5) is 34.1 Å². The molecule has 10 heteroatoms. The van der Waals surface area contributed by atoms with Gasteiger partial charge in [0.25, 0.3) is 0 Å². The fourth-order valence-corrected chi connectivity index (χ4v) is 20.5. The van der Waals surface area contributed by atoms with Gasteiger partial charge >= 0.3 is 0 Å². The van der Waals surface area contributed by atoms with Crippen molar-refractivity contribution in [1.29, 1.82) is 0 Å². The molecule has 0 radical (unpaired) electrons. The second-order valence-corrected chi connectivity index (χ2v) is 34.3. The summed E-state index contributed by atoms with van der Waals surface area (Å²) in [6, 6.07) is 151. The van der Waals surface area contributed by atoms with Gasteiger partial charge in [-0.05, 0) is 283 Å². The molecular formula is C120H84N8O2. The number of hydrogen-bond acceptors (Lipinski definition) is 4. The summed E-state index contributed by atoms with van der Waals surface area (Å²) in [6.07, 6.45) is 6.56. The minimum atomic E-state index is 0.870. The smallest absolute Gasteiger partial charge is 0.151 e. The number of hydrogen-bond donors (Lipinski definition) is 0. The lowest BCUT2D eigenvalue weighted by molar-refractivity contribution is 0.476. The summed E-state index contributed by atoms with van der Waals surface area (Å²) in [4.78, 5) is 4.63. The van der Waals surface area contributed by atoms with Gasteiger partial charge in [-0.25, -0.2) is 0 Å².